The zero-order valence-electron chi connectivity index (χ0n) is 14.2. The second-order valence-electron chi connectivity index (χ2n) is 5.73. The highest BCUT2D eigenvalue weighted by atomic mass is 35.5. The minimum Gasteiger partial charge on any atom is -0.462 e. The molecular formula is C19H18ClN3O3. The Kier molecular flexibility index (Phi) is 5.53. The van der Waals surface area contributed by atoms with Gasteiger partial charge in [0.2, 0.25) is 0 Å². The lowest BCUT2D eigenvalue weighted by atomic mass is 10.2. The maximum atomic E-state index is 12.2. The number of anilines is 1. The lowest BCUT2D eigenvalue weighted by Crippen LogP contribution is -2.16. The molecule has 0 spiro atoms. The molecule has 0 saturated heterocycles. The summed E-state index contributed by atoms with van der Waals surface area (Å²) in [5.41, 5.74) is 2.28. The number of nitrogens with one attached hydrogen (secondary N) is 1. The number of carbonyl (C=O) groups is 1. The Balaban J connectivity index is 1.69. The number of halogens is 1. The van der Waals surface area contributed by atoms with Gasteiger partial charge in [0, 0.05) is 18.0 Å². The van der Waals surface area contributed by atoms with Gasteiger partial charge in [-0.3, -0.25) is 9.20 Å². The summed E-state index contributed by atoms with van der Waals surface area (Å²) in [6.07, 6.45) is 2.33. The second-order valence-corrected chi connectivity index (χ2v) is 6.16. The third-order valence-electron chi connectivity index (χ3n) is 3.71. The van der Waals surface area contributed by atoms with E-state index in [1.807, 2.05) is 6.92 Å². The number of benzene rings is 1. The maximum Gasteiger partial charge on any atom is 0.338 e. The molecule has 0 amide bonds. The average molecular weight is 372 g/mol. The predicted molar refractivity (Wildman–Crippen MR) is 101 cm³/mol. The Labute approximate surface area is 155 Å². The van der Waals surface area contributed by atoms with E-state index in [4.69, 9.17) is 16.3 Å². The van der Waals surface area contributed by atoms with Crippen LogP contribution in [0.15, 0.2) is 53.5 Å². The van der Waals surface area contributed by atoms with Crippen molar-refractivity contribution in [1.82, 2.24) is 9.38 Å². The molecule has 134 valence electrons. The van der Waals surface area contributed by atoms with Gasteiger partial charge in [0.1, 0.15) is 5.65 Å². The molecular weight excluding hydrogens is 354 g/mol. The van der Waals surface area contributed by atoms with Crippen LogP contribution in [0.1, 0.15) is 29.4 Å². The van der Waals surface area contributed by atoms with Gasteiger partial charge in [-0.05, 0) is 42.8 Å². The lowest BCUT2D eigenvalue weighted by molar-refractivity contribution is 0.0505. The number of nitrogens with zero attached hydrogens (tertiary/aromatic N) is 2. The topological polar surface area (TPSA) is 72.7 Å². The molecule has 0 bridgehead atoms. The molecule has 0 radical (unpaired) electrons. The first-order valence-corrected chi connectivity index (χ1v) is 8.63. The van der Waals surface area contributed by atoms with Crippen molar-refractivity contribution in [3.8, 4) is 0 Å². The second kappa shape index (κ2) is 8.01. The quantitative estimate of drug-likeness (QED) is 0.671. The molecule has 0 aliphatic rings. The smallest absolute Gasteiger partial charge is 0.338 e. The summed E-state index contributed by atoms with van der Waals surface area (Å²) >= 11 is 5.90. The van der Waals surface area contributed by atoms with Crippen molar-refractivity contribution in [2.24, 2.45) is 0 Å². The molecule has 26 heavy (non-hydrogen) atoms. The number of ether oxygens (including phenoxy) is 1. The fourth-order valence-electron chi connectivity index (χ4n) is 2.41. The normalized spacial score (nSPS) is 10.7. The summed E-state index contributed by atoms with van der Waals surface area (Å²) < 4.78 is 6.50. The molecule has 0 unspecified atom stereocenters. The lowest BCUT2D eigenvalue weighted by Gasteiger charge is -2.08. The van der Waals surface area contributed by atoms with Crippen molar-refractivity contribution in [1.29, 1.82) is 0 Å². The minimum atomic E-state index is -0.332. The summed E-state index contributed by atoms with van der Waals surface area (Å²) in [6.45, 7) is 2.74. The van der Waals surface area contributed by atoms with Crippen LogP contribution in [0.5, 0.6) is 0 Å². The van der Waals surface area contributed by atoms with E-state index in [9.17, 15) is 9.59 Å². The number of hydrogen-bond acceptors (Lipinski definition) is 5. The first-order chi connectivity index (χ1) is 12.6. The number of hydrogen-bond donors (Lipinski definition) is 1. The molecule has 1 N–H and O–H groups in total. The van der Waals surface area contributed by atoms with Crippen molar-refractivity contribution in [2.75, 3.05) is 11.9 Å². The third-order valence-corrected chi connectivity index (χ3v) is 3.93. The van der Waals surface area contributed by atoms with Crippen molar-refractivity contribution >= 4 is 28.9 Å². The summed E-state index contributed by atoms with van der Waals surface area (Å²) in [7, 11) is 0. The van der Waals surface area contributed by atoms with Crippen molar-refractivity contribution in [3.63, 3.8) is 0 Å². The fraction of sp³-hybridized carbons (Fsp3) is 0.211. The van der Waals surface area contributed by atoms with Gasteiger partial charge >= 0.3 is 5.97 Å². The molecule has 0 atom stereocenters. The first-order valence-electron chi connectivity index (χ1n) is 8.25. The standard InChI is InChI=1S/C19H18ClN3O3/c1-2-9-26-19(25)13-3-6-15(7-4-13)21-11-16-10-18(24)23-12-14(20)5-8-17(23)22-16/h3-8,10,12,21H,2,9,11H2,1H3. The molecule has 0 saturated carbocycles. The van der Waals surface area contributed by atoms with Crippen molar-refractivity contribution in [3.05, 3.63) is 75.3 Å². The maximum absolute atomic E-state index is 12.2. The van der Waals surface area contributed by atoms with Crippen molar-refractivity contribution in [2.45, 2.75) is 19.9 Å². The number of esters is 1. The number of pyridine rings is 1. The molecule has 2 heterocycles. The molecule has 3 rings (SSSR count). The number of carbonyl (C=O) groups excluding carboxylic acids is 1. The van der Waals surface area contributed by atoms with Crippen LogP contribution in [-0.2, 0) is 11.3 Å². The van der Waals surface area contributed by atoms with Gasteiger partial charge in [0.15, 0.2) is 0 Å². The van der Waals surface area contributed by atoms with Gasteiger partial charge in [0.25, 0.3) is 5.56 Å². The largest absolute Gasteiger partial charge is 0.462 e. The van der Waals surface area contributed by atoms with Crippen LogP contribution in [0.25, 0.3) is 5.65 Å². The van der Waals surface area contributed by atoms with E-state index in [0.717, 1.165) is 12.1 Å². The Morgan fingerprint density at radius 3 is 2.73 bits per heavy atom. The molecule has 2 aromatic heterocycles. The molecule has 1 aromatic carbocycles. The van der Waals surface area contributed by atoms with Crippen LogP contribution in [0, 0.1) is 0 Å². The van der Waals surface area contributed by atoms with Gasteiger partial charge in [-0.1, -0.05) is 18.5 Å². The minimum absolute atomic E-state index is 0.191. The molecule has 3 aromatic rings. The van der Waals surface area contributed by atoms with Crippen LogP contribution >= 0.6 is 11.6 Å². The van der Waals surface area contributed by atoms with Gasteiger partial charge in [-0.2, -0.15) is 0 Å². The summed E-state index contributed by atoms with van der Waals surface area (Å²) in [5.74, 6) is -0.332. The van der Waals surface area contributed by atoms with Crippen LogP contribution in [0.4, 0.5) is 5.69 Å². The van der Waals surface area contributed by atoms with Crippen molar-refractivity contribution < 1.29 is 9.53 Å². The Morgan fingerprint density at radius 2 is 2.00 bits per heavy atom. The highest BCUT2D eigenvalue weighted by Gasteiger charge is 2.07. The van der Waals surface area contributed by atoms with Gasteiger partial charge in [0.05, 0.1) is 29.4 Å². The van der Waals surface area contributed by atoms with Crippen LogP contribution < -0.4 is 10.9 Å². The zero-order chi connectivity index (χ0) is 18.5. The van der Waals surface area contributed by atoms with E-state index in [0.29, 0.717) is 35.1 Å². The monoisotopic (exact) mass is 371 g/mol. The number of rotatable bonds is 6. The molecule has 0 fully saturated rings. The van der Waals surface area contributed by atoms with Gasteiger partial charge in [-0.25, -0.2) is 9.78 Å². The number of aromatic nitrogens is 2. The molecule has 0 aliphatic carbocycles. The molecule has 7 heteroatoms. The summed E-state index contributed by atoms with van der Waals surface area (Å²) in [5, 5.41) is 3.66. The highest BCUT2D eigenvalue weighted by Crippen LogP contribution is 2.13. The third kappa shape index (κ3) is 4.21. The Morgan fingerprint density at radius 1 is 1.23 bits per heavy atom. The number of fused-ring (bicyclic) bond motifs is 1. The van der Waals surface area contributed by atoms with Gasteiger partial charge < -0.3 is 10.1 Å². The summed E-state index contributed by atoms with van der Waals surface area (Å²) in [6, 6.07) is 11.8. The van der Waals surface area contributed by atoms with E-state index < -0.39 is 0 Å². The van der Waals surface area contributed by atoms with E-state index in [1.54, 1.807) is 42.6 Å². The average Bonchev–Trinajstić information content (AvgIpc) is 2.65. The van der Waals surface area contributed by atoms with Crippen LogP contribution in [0.2, 0.25) is 5.02 Å². The van der Waals surface area contributed by atoms with E-state index >= 15 is 0 Å². The van der Waals surface area contributed by atoms with E-state index in [2.05, 4.69) is 10.3 Å². The predicted octanol–water partition coefficient (Wildman–Crippen LogP) is 3.53. The van der Waals surface area contributed by atoms with E-state index in [1.165, 1.54) is 10.5 Å². The van der Waals surface area contributed by atoms with Crippen LogP contribution in [-0.4, -0.2) is 22.0 Å². The van der Waals surface area contributed by atoms with E-state index in [-0.39, 0.29) is 11.5 Å². The Hall–Kier alpha value is -2.86. The fourth-order valence-corrected chi connectivity index (χ4v) is 2.57. The van der Waals surface area contributed by atoms with Crippen LogP contribution in [0.3, 0.4) is 0 Å². The SMILES string of the molecule is CCCOC(=O)c1ccc(NCc2cc(=O)n3cc(Cl)ccc3n2)cc1. The molecule has 6 nitrogen and oxygen atoms in total. The highest BCUT2D eigenvalue weighted by molar-refractivity contribution is 6.30. The summed E-state index contributed by atoms with van der Waals surface area (Å²) in [4.78, 5) is 28.4. The molecule has 0 aliphatic heterocycles. The van der Waals surface area contributed by atoms with Gasteiger partial charge in [-0.15, -0.1) is 0 Å². The first kappa shape index (κ1) is 17.9. The Bertz CT molecular complexity index is 983. The zero-order valence-corrected chi connectivity index (χ0v) is 15.0.